The Morgan fingerprint density at radius 3 is 2.57 bits per heavy atom. The van der Waals surface area contributed by atoms with E-state index in [0.29, 0.717) is 18.4 Å². The fourth-order valence-electron chi connectivity index (χ4n) is 3.66. The van der Waals surface area contributed by atoms with Crippen molar-refractivity contribution in [2.24, 2.45) is 0 Å². The largest absolute Gasteiger partial charge is 0.463 e. The Labute approximate surface area is 161 Å². The van der Waals surface area contributed by atoms with E-state index in [2.05, 4.69) is 5.32 Å². The molecule has 3 amide bonds. The van der Waals surface area contributed by atoms with E-state index < -0.39 is 23.5 Å². The first-order valence-corrected chi connectivity index (χ1v) is 8.90. The van der Waals surface area contributed by atoms with Gasteiger partial charge in [-0.05, 0) is 30.5 Å². The van der Waals surface area contributed by atoms with E-state index in [4.69, 9.17) is 4.84 Å². The normalized spacial score (nSPS) is 20.1. The van der Waals surface area contributed by atoms with Gasteiger partial charge in [-0.25, -0.2) is 4.79 Å². The van der Waals surface area contributed by atoms with Gasteiger partial charge >= 0.3 is 6.09 Å². The van der Waals surface area contributed by atoms with Crippen molar-refractivity contribution in [2.75, 3.05) is 0 Å². The van der Waals surface area contributed by atoms with Crippen LogP contribution in [0.25, 0.3) is 0 Å². The van der Waals surface area contributed by atoms with Gasteiger partial charge < -0.3 is 5.11 Å². The molecule has 1 heterocycles. The molecule has 2 aliphatic rings. The number of imide groups is 1. The Morgan fingerprint density at radius 2 is 1.89 bits per heavy atom. The summed E-state index contributed by atoms with van der Waals surface area (Å²) in [5.41, 5.74) is 0.634. The number of allylic oxidation sites excluding steroid dienone is 1. The molecule has 7 nitrogen and oxygen atoms in total. The van der Waals surface area contributed by atoms with Crippen molar-refractivity contribution < 1.29 is 24.3 Å². The number of hydrogen-bond donors (Lipinski definition) is 2. The lowest BCUT2D eigenvalue weighted by molar-refractivity contribution is -0.214. The molecule has 0 aromatic heterocycles. The van der Waals surface area contributed by atoms with E-state index in [0.717, 1.165) is 10.6 Å². The van der Waals surface area contributed by atoms with Crippen LogP contribution in [0, 0.1) is 0 Å². The van der Waals surface area contributed by atoms with Crippen LogP contribution in [-0.4, -0.2) is 28.1 Å². The van der Waals surface area contributed by atoms with Gasteiger partial charge in [0.1, 0.15) is 5.60 Å². The van der Waals surface area contributed by atoms with E-state index >= 15 is 0 Å². The lowest BCUT2D eigenvalue weighted by Gasteiger charge is -2.33. The van der Waals surface area contributed by atoms with Crippen molar-refractivity contribution in [1.82, 2.24) is 10.4 Å². The summed E-state index contributed by atoms with van der Waals surface area (Å²) >= 11 is 0. The van der Waals surface area contributed by atoms with Gasteiger partial charge in [-0.15, -0.1) is 0 Å². The van der Waals surface area contributed by atoms with Gasteiger partial charge in [0.15, 0.2) is 0 Å². The van der Waals surface area contributed by atoms with E-state index in [1.165, 1.54) is 0 Å². The average Bonchev–Trinajstić information content (AvgIpc) is 3.28. The van der Waals surface area contributed by atoms with Crippen molar-refractivity contribution in [3.8, 4) is 0 Å². The number of carbonyl (C=O) groups is 3. The zero-order chi connectivity index (χ0) is 19.7. The lowest BCUT2D eigenvalue weighted by atomic mass is 9.87. The molecule has 2 aromatic carbocycles. The van der Waals surface area contributed by atoms with Gasteiger partial charge in [0, 0.05) is 5.56 Å². The van der Waals surface area contributed by atoms with Crippen LogP contribution in [0.15, 0.2) is 60.7 Å². The molecule has 0 bridgehead atoms. The summed E-state index contributed by atoms with van der Waals surface area (Å²) in [4.78, 5) is 42.3. The molecular formula is C21H18N2O5. The first-order valence-electron chi connectivity index (χ1n) is 8.90. The standard InChI is InChI=1S/C21H18N2O5/c24-18-15-9-6-10-16(17(15)19(25)22-18)21(11-4-5-12-21)28-23(20(26)27)13-14-7-2-1-3-8-14/h1-4,6-11H,5,12-13H2,(H,26,27)(H,22,24,25). The van der Waals surface area contributed by atoms with Crippen molar-refractivity contribution in [1.29, 1.82) is 0 Å². The Bertz CT molecular complexity index is 986. The number of nitrogens with zero attached hydrogens (tertiary/aromatic N) is 1. The first kappa shape index (κ1) is 17.9. The number of hydroxylamine groups is 2. The summed E-state index contributed by atoms with van der Waals surface area (Å²) in [6, 6.07) is 14.1. The molecule has 2 N–H and O–H groups in total. The van der Waals surface area contributed by atoms with Crippen LogP contribution in [0.5, 0.6) is 0 Å². The summed E-state index contributed by atoms with van der Waals surface area (Å²) in [6.45, 7) is 0.0336. The SMILES string of the molecule is O=C1NC(=O)c2c1cccc2C1(ON(Cc2ccccc2)C(=O)O)C=CCC1. The molecule has 1 aliphatic carbocycles. The molecule has 0 spiro atoms. The van der Waals surface area contributed by atoms with E-state index in [1.54, 1.807) is 24.3 Å². The van der Waals surface area contributed by atoms with Crippen molar-refractivity contribution >= 4 is 17.9 Å². The summed E-state index contributed by atoms with van der Waals surface area (Å²) in [7, 11) is 0. The molecule has 28 heavy (non-hydrogen) atoms. The maximum Gasteiger partial charge on any atom is 0.431 e. The molecule has 1 atom stereocenters. The third kappa shape index (κ3) is 3.05. The highest BCUT2D eigenvalue weighted by atomic mass is 16.7. The van der Waals surface area contributed by atoms with Crippen LogP contribution < -0.4 is 5.32 Å². The van der Waals surface area contributed by atoms with Crippen LogP contribution >= 0.6 is 0 Å². The van der Waals surface area contributed by atoms with Gasteiger partial charge in [-0.3, -0.25) is 19.7 Å². The second kappa shape index (κ2) is 6.94. The number of hydrogen-bond acceptors (Lipinski definition) is 4. The molecule has 0 saturated carbocycles. The Hall–Kier alpha value is -3.45. The highest BCUT2D eigenvalue weighted by Crippen LogP contribution is 2.41. The second-order valence-corrected chi connectivity index (χ2v) is 6.74. The number of fused-ring (bicyclic) bond motifs is 1. The molecule has 0 radical (unpaired) electrons. The molecular weight excluding hydrogens is 360 g/mol. The van der Waals surface area contributed by atoms with Crippen LogP contribution in [0.4, 0.5) is 4.79 Å². The topological polar surface area (TPSA) is 95.9 Å². The third-order valence-corrected chi connectivity index (χ3v) is 4.94. The molecule has 7 heteroatoms. The maximum absolute atomic E-state index is 12.4. The Balaban J connectivity index is 1.73. The maximum atomic E-state index is 12.4. The lowest BCUT2D eigenvalue weighted by Crippen LogP contribution is -2.39. The molecule has 1 unspecified atom stereocenters. The fourth-order valence-corrected chi connectivity index (χ4v) is 3.66. The second-order valence-electron chi connectivity index (χ2n) is 6.74. The number of carbonyl (C=O) groups excluding carboxylic acids is 2. The van der Waals surface area contributed by atoms with Gasteiger partial charge in [0.25, 0.3) is 11.8 Å². The fraction of sp³-hybridized carbons (Fsp3) is 0.190. The number of nitrogens with one attached hydrogen (secondary N) is 1. The molecule has 0 saturated heterocycles. The smallest absolute Gasteiger partial charge is 0.431 e. The predicted octanol–water partition coefficient (Wildman–Crippen LogP) is 3.23. The van der Waals surface area contributed by atoms with E-state index in [1.807, 2.05) is 36.4 Å². The zero-order valence-electron chi connectivity index (χ0n) is 14.9. The average molecular weight is 378 g/mol. The molecule has 0 fully saturated rings. The van der Waals surface area contributed by atoms with Crippen LogP contribution in [0.2, 0.25) is 0 Å². The highest BCUT2D eigenvalue weighted by molar-refractivity contribution is 6.22. The zero-order valence-corrected chi connectivity index (χ0v) is 14.9. The van der Waals surface area contributed by atoms with Crippen LogP contribution in [0.1, 0.15) is 44.7 Å². The number of benzene rings is 2. The van der Waals surface area contributed by atoms with Gasteiger partial charge in [-0.1, -0.05) is 48.5 Å². The van der Waals surface area contributed by atoms with Gasteiger partial charge in [0.05, 0.1) is 17.7 Å². The summed E-state index contributed by atoms with van der Waals surface area (Å²) < 4.78 is 0. The quantitative estimate of drug-likeness (QED) is 0.473. The molecule has 1 aliphatic heterocycles. The van der Waals surface area contributed by atoms with E-state index in [-0.39, 0.29) is 17.7 Å². The number of rotatable bonds is 5. The minimum atomic E-state index is -1.24. The van der Waals surface area contributed by atoms with Crippen LogP contribution in [0.3, 0.4) is 0 Å². The third-order valence-electron chi connectivity index (χ3n) is 4.94. The summed E-state index contributed by atoms with van der Waals surface area (Å²) in [5.74, 6) is -0.956. The van der Waals surface area contributed by atoms with Crippen molar-refractivity contribution in [3.05, 3.63) is 82.9 Å². The summed E-state index contributed by atoms with van der Waals surface area (Å²) in [6.07, 6.45) is 3.54. The summed E-state index contributed by atoms with van der Waals surface area (Å²) in [5, 5.41) is 12.9. The highest BCUT2D eigenvalue weighted by Gasteiger charge is 2.43. The minimum Gasteiger partial charge on any atom is -0.463 e. The monoisotopic (exact) mass is 378 g/mol. The Kier molecular flexibility index (Phi) is 4.44. The minimum absolute atomic E-state index is 0.0336. The molecule has 142 valence electrons. The molecule has 2 aromatic rings. The number of carboxylic acid groups (broad SMARTS) is 1. The molecule has 4 rings (SSSR count). The predicted molar refractivity (Wildman–Crippen MR) is 99.4 cm³/mol. The van der Waals surface area contributed by atoms with Gasteiger partial charge in [-0.2, -0.15) is 5.06 Å². The van der Waals surface area contributed by atoms with Crippen molar-refractivity contribution in [2.45, 2.75) is 25.0 Å². The van der Waals surface area contributed by atoms with Crippen LogP contribution in [-0.2, 0) is 17.0 Å². The Morgan fingerprint density at radius 1 is 1.11 bits per heavy atom. The first-order chi connectivity index (χ1) is 13.5. The van der Waals surface area contributed by atoms with E-state index in [9.17, 15) is 19.5 Å². The van der Waals surface area contributed by atoms with Crippen molar-refractivity contribution in [3.63, 3.8) is 0 Å². The van der Waals surface area contributed by atoms with Gasteiger partial charge in [0.2, 0.25) is 0 Å². The number of amides is 3.